The van der Waals surface area contributed by atoms with Crippen molar-refractivity contribution in [3.05, 3.63) is 28.8 Å². The first kappa shape index (κ1) is 19.9. The molecule has 1 unspecified atom stereocenters. The maximum Gasteiger partial charge on any atom is 0.322 e. The van der Waals surface area contributed by atoms with Crippen LogP contribution in [-0.2, 0) is 4.79 Å². The van der Waals surface area contributed by atoms with Gasteiger partial charge in [0.05, 0.1) is 0 Å². The summed E-state index contributed by atoms with van der Waals surface area (Å²) >= 11 is 6.13. The van der Waals surface area contributed by atoms with Crippen LogP contribution in [0.15, 0.2) is 18.2 Å². The third kappa shape index (κ3) is 4.20. The van der Waals surface area contributed by atoms with E-state index in [0.29, 0.717) is 12.8 Å². The van der Waals surface area contributed by atoms with Gasteiger partial charge in [0.2, 0.25) is 0 Å². The first-order chi connectivity index (χ1) is 12.7. The number of carbonyl (C=O) groups excluding carboxylic acids is 2. The van der Waals surface area contributed by atoms with Crippen LogP contribution in [0.1, 0.15) is 32.3 Å². The van der Waals surface area contributed by atoms with Crippen molar-refractivity contribution in [2.45, 2.75) is 51.4 Å². The van der Waals surface area contributed by atoms with Crippen LogP contribution in [0.5, 0.6) is 0 Å². The number of amides is 3. The van der Waals surface area contributed by atoms with E-state index in [1.54, 1.807) is 6.92 Å². The van der Waals surface area contributed by atoms with E-state index in [0.717, 1.165) is 35.9 Å². The van der Waals surface area contributed by atoms with Gasteiger partial charge in [0.25, 0.3) is 5.91 Å². The largest absolute Gasteiger partial charge is 0.378 e. The van der Waals surface area contributed by atoms with Crippen LogP contribution >= 0.6 is 11.6 Å². The molecule has 3 atom stereocenters. The van der Waals surface area contributed by atoms with Gasteiger partial charge in [0, 0.05) is 36.4 Å². The molecule has 2 saturated heterocycles. The highest BCUT2D eigenvalue weighted by molar-refractivity contribution is 6.31. The maximum atomic E-state index is 11.9. The number of imide groups is 1. The Bertz CT molecular complexity index is 744. The Balaban J connectivity index is 1.56. The van der Waals surface area contributed by atoms with E-state index < -0.39 is 17.8 Å². The number of aliphatic hydroxyl groups excluding tert-OH is 1. The van der Waals surface area contributed by atoms with Crippen molar-refractivity contribution in [1.82, 2.24) is 15.5 Å². The van der Waals surface area contributed by atoms with Crippen LogP contribution in [0, 0.1) is 6.92 Å². The summed E-state index contributed by atoms with van der Waals surface area (Å²) in [6.45, 7) is 8.06. The molecular weight excluding hydrogens is 368 g/mol. The van der Waals surface area contributed by atoms with E-state index in [1.165, 1.54) is 0 Å². The molecule has 148 valence electrons. The third-order valence-electron chi connectivity index (χ3n) is 5.57. The van der Waals surface area contributed by atoms with Crippen LogP contribution in [0.25, 0.3) is 0 Å². The Morgan fingerprint density at radius 1 is 1.37 bits per heavy atom. The highest BCUT2D eigenvalue weighted by Gasteiger charge is 2.42. The minimum Gasteiger partial charge on any atom is -0.378 e. The molecule has 1 aromatic carbocycles. The number of carbonyl (C=O) groups is 2. The Hall–Kier alpha value is -1.83. The van der Waals surface area contributed by atoms with Gasteiger partial charge < -0.3 is 15.3 Å². The van der Waals surface area contributed by atoms with Crippen molar-refractivity contribution in [1.29, 1.82) is 0 Å². The van der Waals surface area contributed by atoms with Gasteiger partial charge in [-0.1, -0.05) is 11.6 Å². The summed E-state index contributed by atoms with van der Waals surface area (Å²) in [6.07, 6.45) is 0.150. The van der Waals surface area contributed by atoms with Gasteiger partial charge in [-0.15, -0.1) is 0 Å². The molecule has 3 N–H and O–H groups in total. The summed E-state index contributed by atoms with van der Waals surface area (Å²) in [5.41, 5.74) is 1.23. The molecule has 2 aliphatic rings. The zero-order valence-electron chi connectivity index (χ0n) is 16.0. The lowest BCUT2D eigenvalue weighted by Gasteiger charge is -2.43. The zero-order chi connectivity index (χ0) is 19.8. The lowest BCUT2D eigenvalue weighted by Crippen LogP contribution is -2.55. The van der Waals surface area contributed by atoms with E-state index in [4.69, 9.17) is 11.6 Å². The van der Waals surface area contributed by atoms with E-state index in [-0.39, 0.29) is 11.9 Å². The fraction of sp³-hybridized carbons (Fsp3) is 0.579. The van der Waals surface area contributed by atoms with Gasteiger partial charge in [-0.05, 0) is 57.4 Å². The summed E-state index contributed by atoms with van der Waals surface area (Å²) < 4.78 is 0. The fourth-order valence-electron chi connectivity index (χ4n) is 3.80. The van der Waals surface area contributed by atoms with Gasteiger partial charge in [0.1, 0.15) is 11.8 Å². The molecule has 2 aliphatic heterocycles. The molecule has 0 aromatic heterocycles. The van der Waals surface area contributed by atoms with Crippen molar-refractivity contribution in [2.24, 2.45) is 0 Å². The van der Waals surface area contributed by atoms with Gasteiger partial charge in [0.15, 0.2) is 0 Å². The molecule has 0 spiro atoms. The van der Waals surface area contributed by atoms with Crippen molar-refractivity contribution < 1.29 is 14.7 Å². The monoisotopic (exact) mass is 394 g/mol. The SMILES string of the molecule is Cc1cc(N2CCN(C(O)CC[C@@]3(C)NC(=O)NC3=O)C[C@@H]2C)ccc1Cl. The predicted molar refractivity (Wildman–Crippen MR) is 105 cm³/mol. The number of benzene rings is 1. The van der Waals surface area contributed by atoms with Gasteiger partial charge in [-0.25, -0.2) is 4.79 Å². The molecule has 0 bridgehead atoms. The van der Waals surface area contributed by atoms with Crippen LogP contribution in [0.3, 0.4) is 0 Å². The number of aliphatic hydroxyl groups is 1. The highest BCUT2D eigenvalue weighted by Crippen LogP contribution is 2.27. The number of hydrogen-bond acceptors (Lipinski definition) is 5. The zero-order valence-corrected chi connectivity index (χ0v) is 16.7. The lowest BCUT2D eigenvalue weighted by molar-refractivity contribution is -0.124. The third-order valence-corrected chi connectivity index (χ3v) is 6.00. The molecule has 2 heterocycles. The first-order valence-electron chi connectivity index (χ1n) is 9.28. The fourth-order valence-corrected chi connectivity index (χ4v) is 3.92. The van der Waals surface area contributed by atoms with E-state index in [2.05, 4.69) is 28.5 Å². The minimum absolute atomic E-state index is 0.235. The van der Waals surface area contributed by atoms with Crippen LogP contribution in [-0.4, -0.2) is 59.4 Å². The van der Waals surface area contributed by atoms with Crippen LogP contribution in [0.4, 0.5) is 10.5 Å². The second-order valence-corrected chi connectivity index (χ2v) is 8.14. The Labute approximate surface area is 164 Å². The summed E-state index contributed by atoms with van der Waals surface area (Å²) in [5, 5.41) is 16.2. The topological polar surface area (TPSA) is 84.9 Å². The highest BCUT2D eigenvalue weighted by atomic mass is 35.5. The van der Waals surface area contributed by atoms with Gasteiger partial charge in [-0.3, -0.25) is 15.0 Å². The number of nitrogens with zero attached hydrogens (tertiary/aromatic N) is 2. The average molecular weight is 395 g/mol. The number of rotatable bonds is 5. The minimum atomic E-state index is -0.952. The quantitative estimate of drug-likeness (QED) is 0.664. The molecule has 0 radical (unpaired) electrons. The smallest absolute Gasteiger partial charge is 0.322 e. The molecule has 7 nitrogen and oxygen atoms in total. The molecule has 1 aromatic rings. The van der Waals surface area contributed by atoms with Crippen molar-refractivity contribution in [3.8, 4) is 0 Å². The normalized spacial score (nSPS) is 27.4. The molecule has 0 saturated carbocycles. The number of urea groups is 1. The second kappa shape index (κ2) is 7.66. The van der Waals surface area contributed by atoms with Gasteiger partial charge in [-0.2, -0.15) is 0 Å². The molecule has 8 heteroatoms. The van der Waals surface area contributed by atoms with E-state index in [9.17, 15) is 14.7 Å². The number of halogens is 1. The van der Waals surface area contributed by atoms with Crippen molar-refractivity contribution in [2.75, 3.05) is 24.5 Å². The number of piperazine rings is 1. The summed E-state index contributed by atoms with van der Waals surface area (Å²) in [5.74, 6) is -0.337. The number of anilines is 1. The maximum absolute atomic E-state index is 11.9. The molecular formula is C19H27ClN4O3. The van der Waals surface area contributed by atoms with Crippen LogP contribution < -0.4 is 15.5 Å². The van der Waals surface area contributed by atoms with E-state index >= 15 is 0 Å². The van der Waals surface area contributed by atoms with E-state index in [1.807, 2.05) is 24.0 Å². The summed E-state index contributed by atoms with van der Waals surface area (Å²) in [7, 11) is 0. The lowest BCUT2D eigenvalue weighted by atomic mass is 9.95. The summed E-state index contributed by atoms with van der Waals surface area (Å²) in [6, 6.07) is 5.80. The second-order valence-electron chi connectivity index (χ2n) is 7.73. The number of hydrogen-bond donors (Lipinski definition) is 3. The number of nitrogens with one attached hydrogen (secondary N) is 2. The van der Waals surface area contributed by atoms with Crippen molar-refractivity contribution >= 4 is 29.2 Å². The average Bonchev–Trinajstić information content (AvgIpc) is 2.87. The molecule has 3 rings (SSSR count). The van der Waals surface area contributed by atoms with Gasteiger partial charge >= 0.3 is 6.03 Å². The molecule has 0 aliphatic carbocycles. The number of aryl methyl sites for hydroxylation is 1. The Morgan fingerprint density at radius 3 is 2.70 bits per heavy atom. The van der Waals surface area contributed by atoms with Crippen molar-refractivity contribution in [3.63, 3.8) is 0 Å². The molecule has 27 heavy (non-hydrogen) atoms. The summed E-state index contributed by atoms with van der Waals surface area (Å²) in [4.78, 5) is 27.6. The Morgan fingerprint density at radius 2 is 2.11 bits per heavy atom. The predicted octanol–water partition coefficient (Wildman–Crippen LogP) is 1.86. The molecule has 2 fully saturated rings. The van der Waals surface area contributed by atoms with Crippen LogP contribution in [0.2, 0.25) is 5.02 Å². The first-order valence-corrected chi connectivity index (χ1v) is 9.66. The standard InChI is InChI=1S/C19H27ClN4O3/c1-12-10-14(4-5-15(12)20)24-9-8-23(11-13(24)2)16(25)6-7-19(3)17(26)21-18(27)22-19/h4-5,10,13,16,25H,6-9,11H2,1-3H3,(H2,21,22,26,27)/t13-,16?,19+/m0/s1. The Kier molecular flexibility index (Phi) is 5.65. The molecule has 3 amide bonds.